The first-order valence-corrected chi connectivity index (χ1v) is 5.04. The first-order valence-electron chi connectivity index (χ1n) is 4.66. The maximum absolute atomic E-state index is 12.0. The molecule has 0 aliphatic carbocycles. The third-order valence-electron chi connectivity index (χ3n) is 1.86. The Hall–Kier alpha value is -1.76. The first kappa shape index (κ1) is 14.3. The minimum Gasteiger partial charge on any atom is -0.411 e. The number of amides is 1. The minimum atomic E-state index is -4.58. The van der Waals surface area contributed by atoms with Gasteiger partial charge in [0, 0.05) is 5.56 Å². The second kappa shape index (κ2) is 5.72. The lowest BCUT2D eigenvalue weighted by molar-refractivity contribution is -0.150. The van der Waals surface area contributed by atoms with Crippen LogP contribution in [-0.4, -0.2) is 23.5 Å². The van der Waals surface area contributed by atoms with Crippen LogP contribution in [0.2, 0.25) is 5.02 Å². The summed E-state index contributed by atoms with van der Waals surface area (Å²) in [5, 5.41) is 13.1. The monoisotopic (exact) mass is 280 g/mol. The standard InChI is InChI=1S/C10H8ClF3N2O2/c11-9-6(5-15-18)2-1-3-7(9)16-8(17)4-10(12,13)14/h1-3,5,18H,4H2,(H,16,17). The quantitative estimate of drug-likeness (QED) is 0.508. The Morgan fingerprint density at radius 2 is 2.17 bits per heavy atom. The highest BCUT2D eigenvalue weighted by atomic mass is 35.5. The van der Waals surface area contributed by atoms with E-state index in [1.54, 1.807) is 0 Å². The summed E-state index contributed by atoms with van der Waals surface area (Å²) >= 11 is 5.80. The molecule has 0 spiro atoms. The van der Waals surface area contributed by atoms with E-state index in [2.05, 4.69) is 5.16 Å². The zero-order valence-corrected chi connectivity index (χ0v) is 9.59. The van der Waals surface area contributed by atoms with Crippen molar-refractivity contribution in [2.75, 3.05) is 5.32 Å². The first-order chi connectivity index (χ1) is 8.33. The summed E-state index contributed by atoms with van der Waals surface area (Å²) in [6.45, 7) is 0. The van der Waals surface area contributed by atoms with Crippen molar-refractivity contribution in [3.8, 4) is 0 Å². The van der Waals surface area contributed by atoms with Crippen molar-refractivity contribution in [1.82, 2.24) is 0 Å². The van der Waals surface area contributed by atoms with Crippen LogP contribution < -0.4 is 5.32 Å². The fourth-order valence-corrected chi connectivity index (χ4v) is 1.41. The van der Waals surface area contributed by atoms with Crippen molar-refractivity contribution < 1.29 is 23.2 Å². The number of rotatable bonds is 3. The molecule has 0 fully saturated rings. The maximum atomic E-state index is 12.0. The summed E-state index contributed by atoms with van der Waals surface area (Å²) in [4.78, 5) is 11.1. The van der Waals surface area contributed by atoms with Gasteiger partial charge in [-0.3, -0.25) is 4.79 Å². The van der Waals surface area contributed by atoms with E-state index >= 15 is 0 Å². The molecule has 0 heterocycles. The Balaban J connectivity index is 2.85. The Labute approximate surface area is 105 Å². The number of nitrogens with one attached hydrogen (secondary N) is 1. The second-order valence-corrected chi connectivity index (χ2v) is 3.67. The maximum Gasteiger partial charge on any atom is 0.397 e. The molecule has 0 unspecified atom stereocenters. The third kappa shape index (κ3) is 4.25. The smallest absolute Gasteiger partial charge is 0.397 e. The molecule has 0 aliphatic heterocycles. The number of halogens is 4. The molecule has 98 valence electrons. The van der Waals surface area contributed by atoms with Crippen LogP contribution >= 0.6 is 11.6 Å². The van der Waals surface area contributed by atoms with Crippen molar-refractivity contribution in [3.05, 3.63) is 28.8 Å². The Bertz CT molecular complexity index is 475. The molecule has 0 bridgehead atoms. The van der Waals surface area contributed by atoms with Crippen LogP contribution in [0.4, 0.5) is 18.9 Å². The summed E-state index contributed by atoms with van der Waals surface area (Å²) in [6, 6.07) is 4.26. The highest BCUT2D eigenvalue weighted by Gasteiger charge is 2.31. The molecular formula is C10H8ClF3N2O2. The molecule has 0 aromatic heterocycles. The molecule has 1 aromatic carbocycles. The Morgan fingerprint density at radius 3 is 2.72 bits per heavy atom. The van der Waals surface area contributed by atoms with Crippen LogP contribution in [0, 0.1) is 0 Å². The van der Waals surface area contributed by atoms with Gasteiger partial charge in [0.2, 0.25) is 5.91 Å². The predicted molar refractivity (Wildman–Crippen MR) is 60.1 cm³/mol. The Morgan fingerprint density at radius 1 is 1.50 bits per heavy atom. The minimum absolute atomic E-state index is 0.00850. The van der Waals surface area contributed by atoms with Crippen molar-refractivity contribution in [3.63, 3.8) is 0 Å². The van der Waals surface area contributed by atoms with Gasteiger partial charge in [-0.05, 0) is 6.07 Å². The van der Waals surface area contributed by atoms with Crippen LogP contribution in [0.5, 0.6) is 0 Å². The molecule has 0 aliphatic rings. The topological polar surface area (TPSA) is 61.7 Å². The van der Waals surface area contributed by atoms with Crippen LogP contribution in [0.15, 0.2) is 23.4 Å². The van der Waals surface area contributed by atoms with Gasteiger partial charge in [0.05, 0.1) is 16.9 Å². The SMILES string of the molecule is O=C(CC(F)(F)F)Nc1cccc(C=NO)c1Cl. The van der Waals surface area contributed by atoms with E-state index in [0.717, 1.165) is 6.21 Å². The van der Waals surface area contributed by atoms with Crippen molar-refractivity contribution in [1.29, 1.82) is 0 Å². The van der Waals surface area contributed by atoms with E-state index < -0.39 is 18.5 Å². The number of benzene rings is 1. The van der Waals surface area contributed by atoms with Crippen molar-refractivity contribution >= 4 is 29.4 Å². The molecule has 1 aromatic rings. The largest absolute Gasteiger partial charge is 0.411 e. The molecule has 18 heavy (non-hydrogen) atoms. The summed E-state index contributed by atoms with van der Waals surface area (Å²) in [6.07, 6.45) is -5.18. The third-order valence-corrected chi connectivity index (χ3v) is 2.28. The van der Waals surface area contributed by atoms with Gasteiger partial charge in [0.15, 0.2) is 0 Å². The van der Waals surface area contributed by atoms with Gasteiger partial charge < -0.3 is 10.5 Å². The number of nitrogens with zero attached hydrogens (tertiary/aromatic N) is 1. The molecule has 1 rings (SSSR count). The van der Waals surface area contributed by atoms with Gasteiger partial charge in [0.1, 0.15) is 6.42 Å². The summed E-state index contributed by atoms with van der Waals surface area (Å²) < 4.78 is 35.9. The van der Waals surface area contributed by atoms with E-state index in [0.29, 0.717) is 0 Å². The molecule has 0 saturated carbocycles. The lowest BCUT2D eigenvalue weighted by Gasteiger charge is -2.10. The molecule has 0 atom stereocenters. The molecular weight excluding hydrogens is 273 g/mol. The fourth-order valence-electron chi connectivity index (χ4n) is 1.18. The number of carbonyl (C=O) groups is 1. The van der Waals surface area contributed by atoms with Gasteiger partial charge in [-0.1, -0.05) is 28.9 Å². The Kier molecular flexibility index (Phi) is 4.55. The average molecular weight is 281 g/mol. The summed E-state index contributed by atoms with van der Waals surface area (Å²) in [7, 11) is 0. The second-order valence-electron chi connectivity index (χ2n) is 3.29. The normalized spacial score (nSPS) is 11.8. The van der Waals surface area contributed by atoms with E-state index in [9.17, 15) is 18.0 Å². The van der Waals surface area contributed by atoms with E-state index in [1.807, 2.05) is 5.32 Å². The summed E-state index contributed by atoms with van der Waals surface area (Å²) in [5.41, 5.74) is 0.285. The van der Waals surface area contributed by atoms with Crippen LogP contribution in [-0.2, 0) is 4.79 Å². The number of alkyl halides is 3. The van der Waals surface area contributed by atoms with Gasteiger partial charge in [0.25, 0.3) is 0 Å². The molecule has 0 radical (unpaired) electrons. The number of carbonyl (C=O) groups excluding carboxylic acids is 1. The number of hydrogen-bond acceptors (Lipinski definition) is 3. The van der Waals surface area contributed by atoms with Gasteiger partial charge >= 0.3 is 6.18 Å². The number of oxime groups is 1. The molecule has 4 nitrogen and oxygen atoms in total. The number of anilines is 1. The molecule has 0 saturated heterocycles. The van der Waals surface area contributed by atoms with Crippen LogP contribution in [0.1, 0.15) is 12.0 Å². The zero-order valence-electron chi connectivity index (χ0n) is 8.83. The lowest BCUT2D eigenvalue weighted by Crippen LogP contribution is -2.21. The predicted octanol–water partition coefficient (Wildman–Crippen LogP) is 3.04. The van der Waals surface area contributed by atoms with Gasteiger partial charge in [-0.2, -0.15) is 13.2 Å². The van der Waals surface area contributed by atoms with E-state index in [1.165, 1.54) is 18.2 Å². The van der Waals surface area contributed by atoms with Crippen molar-refractivity contribution in [2.24, 2.45) is 5.16 Å². The van der Waals surface area contributed by atoms with Crippen molar-refractivity contribution in [2.45, 2.75) is 12.6 Å². The number of hydrogen-bond donors (Lipinski definition) is 2. The highest BCUT2D eigenvalue weighted by Crippen LogP contribution is 2.26. The highest BCUT2D eigenvalue weighted by molar-refractivity contribution is 6.36. The summed E-state index contributed by atoms with van der Waals surface area (Å²) in [5.74, 6) is -1.22. The fraction of sp³-hybridized carbons (Fsp3) is 0.200. The lowest BCUT2D eigenvalue weighted by atomic mass is 10.2. The molecule has 1 amide bonds. The van der Waals surface area contributed by atoms with E-state index in [4.69, 9.17) is 16.8 Å². The molecule has 8 heteroatoms. The van der Waals surface area contributed by atoms with Crippen LogP contribution in [0.3, 0.4) is 0 Å². The average Bonchev–Trinajstić information content (AvgIpc) is 2.21. The van der Waals surface area contributed by atoms with Gasteiger partial charge in [-0.25, -0.2) is 0 Å². The molecule has 2 N–H and O–H groups in total. The van der Waals surface area contributed by atoms with Gasteiger partial charge in [-0.15, -0.1) is 0 Å². The zero-order chi connectivity index (χ0) is 13.8. The van der Waals surface area contributed by atoms with E-state index in [-0.39, 0.29) is 16.3 Å². The van der Waals surface area contributed by atoms with Crippen LogP contribution in [0.25, 0.3) is 0 Å².